The molecule has 1 saturated carbocycles. The third-order valence-electron chi connectivity index (χ3n) is 3.48. The van der Waals surface area contributed by atoms with Crippen LogP contribution in [0.15, 0.2) is 36.4 Å². The molecule has 1 aliphatic carbocycles. The highest BCUT2D eigenvalue weighted by Gasteiger charge is 2.35. The molecular weight excluding hydrogens is 250 g/mol. The molecule has 0 saturated heterocycles. The standard InChI is InChI=1S/C16H19N3O/c1-2-20-15(12-8-9-12)16-18-13(10-14(17)19-16)11-6-4-3-5-7-11/h3-7,10,12,15H,2,8-9H2,1H3,(H2,17,18,19). The molecular formula is C16H19N3O. The minimum atomic E-state index is -0.0223. The quantitative estimate of drug-likeness (QED) is 0.905. The van der Waals surface area contributed by atoms with Gasteiger partial charge in [0.15, 0.2) is 5.82 Å². The maximum atomic E-state index is 5.94. The van der Waals surface area contributed by atoms with Gasteiger partial charge in [0.05, 0.1) is 5.69 Å². The summed E-state index contributed by atoms with van der Waals surface area (Å²) in [5.74, 6) is 1.76. The van der Waals surface area contributed by atoms with Crippen LogP contribution < -0.4 is 5.73 Å². The fraction of sp³-hybridized carbons (Fsp3) is 0.375. The van der Waals surface area contributed by atoms with E-state index in [-0.39, 0.29) is 6.10 Å². The molecule has 0 radical (unpaired) electrons. The van der Waals surface area contributed by atoms with Crippen molar-refractivity contribution >= 4 is 5.82 Å². The second-order valence-electron chi connectivity index (χ2n) is 5.12. The molecule has 1 aromatic heterocycles. The minimum absolute atomic E-state index is 0.0223. The smallest absolute Gasteiger partial charge is 0.160 e. The summed E-state index contributed by atoms with van der Waals surface area (Å²) in [7, 11) is 0. The van der Waals surface area contributed by atoms with Crippen LogP contribution in [0.2, 0.25) is 0 Å². The van der Waals surface area contributed by atoms with Crippen molar-refractivity contribution in [3.63, 3.8) is 0 Å². The lowest BCUT2D eigenvalue weighted by Gasteiger charge is -2.16. The molecule has 1 aromatic carbocycles. The van der Waals surface area contributed by atoms with Gasteiger partial charge < -0.3 is 10.5 Å². The van der Waals surface area contributed by atoms with Crippen molar-refractivity contribution in [1.82, 2.24) is 9.97 Å². The molecule has 2 aromatic rings. The molecule has 1 heterocycles. The van der Waals surface area contributed by atoms with Gasteiger partial charge in [-0.2, -0.15) is 0 Å². The largest absolute Gasteiger partial charge is 0.384 e. The molecule has 2 N–H and O–H groups in total. The molecule has 1 atom stereocenters. The van der Waals surface area contributed by atoms with Gasteiger partial charge in [-0.3, -0.25) is 0 Å². The van der Waals surface area contributed by atoms with Crippen molar-refractivity contribution in [2.75, 3.05) is 12.3 Å². The monoisotopic (exact) mass is 269 g/mol. The second kappa shape index (κ2) is 5.59. The van der Waals surface area contributed by atoms with Crippen LogP contribution in [0.4, 0.5) is 5.82 Å². The molecule has 3 rings (SSSR count). The lowest BCUT2D eigenvalue weighted by molar-refractivity contribution is 0.0402. The predicted octanol–water partition coefficient (Wildman–Crippen LogP) is 3.21. The Morgan fingerprint density at radius 2 is 2.00 bits per heavy atom. The molecule has 0 bridgehead atoms. The number of ether oxygens (including phenoxy) is 1. The molecule has 1 aliphatic rings. The summed E-state index contributed by atoms with van der Waals surface area (Å²) in [5, 5.41) is 0. The molecule has 20 heavy (non-hydrogen) atoms. The molecule has 0 amide bonds. The molecule has 1 fully saturated rings. The van der Waals surface area contributed by atoms with Crippen molar-refractivity contribution in [2.24, 2.45) is 5.92 Å². The zero-order valence-electron chi connectivity index (χ0n) is 11.6. The van der Waals surface area contributed by atoms with Gasteiger partial charge in [0.2, 0.25) is 0 Å². The topological polar surface area (TPSA) is 61.0 Å². The summed E-state index contributed by atoms with van der Waals surface area (Å²) in [6, 6.07) is 11.8. The number of nitrogen functional groups attached to an aromatic ring is 1. The Labute approximate surface area is 119 Å². The van der Waals surface area contributed by atoms with Crippen LogP contribution in [-0.4, -0.2) is 16.6 Å². The van der Waals surface area contributed by atoms with Gasteiger partial charge in [-0.05, 0) is 25.7 Å². The van der Waals surface area contributed by atoms with Crippen molar-refractivity contribution < 1.29 is 4.74 Å². The number of nitrogens with two attached hydrogens (primary N) is 1. The summed E-state index contributed by atoms with van der Waals surface area (Å²) >= 11 is 0. The van der Waals surface area contributed by atoms with E-state index in [0.717, 1.165) is 11.3 Å². The highest BCUT2D eigenvalue weighted by atomic mass is 16.5. The summed E-state index contributed by atoms with van der Waals surface area (Å²) in [4.78, 5) is 9.05. The first kappa shape index (κ1) is 13.1. The van der Waals surface area contributed by atoms with Gasteiger partial charge in [-0.15, -0.1) is 0 Å². The number of rotatable bonds is 5. The van der Waals surface area contributed by atoms with Crippen LogP contribution in [0, 0.1) is 5.92 Å². The maximum Gasteiger partial charge on any atom is 0.160 e. The maximum absolute atomic E-state index is 5.94. The van der Waals surface area contributed by atoms with Gasteiger partial charge in [0.25, 0.3) is 0 Å². The Morgan fingerprint density at radius 1 is 1.25 bits per heavy atom. The lowest BCUT2D eigenvalue weighted by Crippen LogP contribution is -2.12. The normalized spacial score (nSPS) is 16.1. The highest BCUT2D eigenvalue weighted by Crippen LogP contribution is 2.42. The van der Waals surface area contributed by atoms with Crippen molar-refractivity contribution in [3.8, 4) is 11.3 Å². The molecule has 1 unspecified atom stereocenters. The first-order chi connectivity index (χ1) is 9.78. The van der Waals surface area contributed by atoms with Gasteiger partial charge in [-0.25, -0.2) is 9.97 Å². The number of hydrogen-bond donors (Lipinski definition) is 1. The fourth-order valence-electron chi connectivity index (χ4n) is 2.37. The van der Waals surface area contributed by atoms with Crippen LogP contribution in [0.1, 0.15) is 31.7 Å². The Hall–Kier alpha value is -1.94. The summed E-state index contributed by atoms with van der Waals surface area (Å²) in [6.07, 6.45) is 2.35. The van der Waals surface area contributed by atoms with E-state index in [9.17, 15) is 0 Å². The van der Waals surface area contributed by atoms with E-state index in [4.69, 9.17) is 10.5 Å². The first-order valence-corrected chi connectivity index (χ1v) is 7.09. The number of hydrogen-bond acceptors (Lipinski definition) is 4. The SMILES string of the molecule is CCOC(c1nc(N)cc(-c2ccccc2)n1)C1CC1. The predicted molar refractivity (Wildman–Crippen MR) is 79.0 cm³/mol. The highest BCUT2D eigenvalue weighted by molar-refractivity contribution is 5.61. The Balaban J connectivity index is 1.97. The van der Waals surface area contributed by atoms with E-state index in [2.05, 4.69) is 9.97 Å². The summed E-state index contributed by atoms with van der Waals surface area (Å²) < 4.78 is 5.82. The molecule has 0 aliphatic heterocycles. The number of benzene rings is 1. The van der Waals surface area contributed by atoms with Gasteiger partial charge >= 0.3 is 0 Å². The summed E-state index contributed by atoms with van der Waals surface area (Å²) in [5.41, 5.74) is 7.85. The van der Waals surface area contributed by atoms with Crippen molar-refractivity contribution in [2.45, 2.75) is 25.9 Å². The molecule has 4 heteroatoms. The van der Waals surface area contributed by atoms with E-state index in [0.29, 0.717) is 24.2 Å². The molecule has 0 spiro atoms. The van der Waals surface area contributed by atoms with Crippen LogP contribution in [0.5, 0.6) is 0 Å². The van der Waals surface area contributed by atoms with E-state index >= 15 is 0 Å². The fourth-order valence-corrected chi connectivity index (χ4v) is 2.37. The van der Waals surface area contributed by atoms with Gasteiger partial charge in [-0.1, -0.05) is 30.3 Å². The minimum Gasteiger partial charge on any atom is -0.384 e. The Morgan fingerprint density at radius 3 is 2.65 bits per heavy atom. The number of anilines is 1. The van der Waals surface area contributed by atoms with E-state index in [1.54, 1.807) is 0 Å². The Kier molecular flexibility index (Phi) is 3.65. The van der Waals surface area contributed by atoms with Crippen LogP contribution in [0.25, 0.3) is 11.3 Å². The number of nitrogens with zero attached hydrogens (tertiary/aromatic N) is 2. The van der Waals surface area contributed by atoms with E-state index < -0.39 is 0 Å². The molecule has 4 nitrogen and oxygen atoms in total. The third-order valence-corrected chi connectivity index (χ3v) is 3.48. The third kappa shape index (κ3) is 2.80. The average molecular weight is 269 g/mol. The van der Waals surface area contributed by atoms with Gasteiger partial charge in [0, 0.05) is 18.2 Å². The average Bonchev–Trinajstić information content (AvgIpc) is 3.29. The zero-order chi connectivity index (χ0) is 13.9. The van der Waals surface area contributed by atoms with Crippen LogP contribution in [0.3, 0.4) is 0 Å². The van der Waals surface area contributed by atoms with Crippen LogP contribution in [-0.2, 0) is 4.74 Å². The summed E-state index contributed by atoms with van der Waals surface area (Å²) in [6.45, 7) is 2.67. The molecule has 104 valence electrons. The Bertz CT molecular complexity index is 582. The van der Waals surface area contributed by atoms with E-state index in [1.165, 1.54) is 12.8 Å². The van der Waals surface area contributed by atoms with Crippen LogP contribution >= 0.6 is 0 Å². The van der Waals surface area contributed by atoms with E-state index in [1.807, 2.05) is 43.3 Å². The van der Waals surface area contributed by atoms with Gasteiger partial charge in [0.1, 0.15) is 11.9 Å². The first-order valence-electron chi connectivity index (χ1n) is 7.09. The second-order valence-corrected chi connectivity index (χ2v) is 5.12. The van der Waals surface area contributed by atoms with Crippen molar-refractivity contribution in [1.29, 1.82) is 0 Å². The zero-order valence-corrected chi connectivity index (χ0v) is 11.6. The number of aromatic nitrogens is 2. The van der Waals surface area contributed by atoms with Crippen molar-refractivity contribution in [3.05, 3.63) is 42.2 Å². The lowest BCUT2D eigenvalue weighted by atomic mass is 10.1.